The Morgan fingerprint density at radius 1 is 1.03 bits per heavy atom. The fourth-order valence-electron chi connectivity index (χ4n) is 3.87. The van der Waals surface area contributed by atoms with Gasteiger partial charge >= 0.3 is 0 Å². The maximum absolute atomic E-state index is 13.5. The van der Waals surface area contributed by atoms with Crippen molar-refractivity contribution in [3.05, 3.63) is 64.7 Å². The van der Waals surface area contributed by atoms with Crippen molar-refractivity contribution in [2.75, 3.05) is 17.1 Å². The van der Waals surface area contributed by atoms with Gasteiger partial charge in [0.15, 0.2) is 0 Å². The van der Waals surface area contributed by atoms with Crippen LogP contribution >= 0.6 is 11.6 Å². The molecule has 0 saturated heterocycles. The van der Waals surface area contributed by atoms with Crippen LogP contribution in [-0.2, 0) is 26.2 Å². The fraction of sp³-hybridized carbons (Fsp3) is 0.481. The zero-order chi connectivity index (χ0) is 27.1. The third-order valence-electron chi connectivity index (χ3n) is 5.62. The van der Waals surface area contributed by atoms with Gasteiger partial charge in [0.05, 0.1) is 11.9 Å². The van der Waals surface area contributed by atoms with Crippen LogP contribution in [0.4, 0.5) is 5.69 Å². The van der Waals surface area contributed by atoms with Gasteiger partial charge in [-0.2, -0.15) is 0 Å². The molecule has 1 atom stereocenters. The number of aryl methyl sites for hydroxylation is 1. The minimum atomic E-state index is -3.56. The molecule has 1 unspecified atom stereocenters. The van der Waals surface area contributed by atoms with Crippen LogP contribution in [0.5, 0.6) is 0 Å². The van der Waals surface area contributed by atoms with E-state index >= 15 is 0 Å². The molecule has 0 heterocycles. The van der Waals surface area contributed by atoms with Crippen molar-refractivity contribution < 1.29 is 18.0 Å². The highest BCUT2D eigenvalue weighted by Gasteiger charge is 2.30. The molecule has 0 spiro atoms. The summed E-state index contributed by atoms with van der Waals surface area (Å²) in [5.74, 6) is -0.402. The quantitative estimate of drug-likeness (QED) is 0.442. The Hall–Kier alpha value is -2.58. The molecule has 2 aromatic carbocycles. The molecule has 2 rings (SSSR count). The highest BCUT2D eigenvalue weighted by molar-refractivity contribution is 7.92. The number of amides is 2. The Bertz CT molecular complexity index is 1130. The van der Waals surface area contributed by atoms with Crippen molar-refractivity contribution in [2.24, 2.45) is 0 Å². The Morgan fingerprint density at radius 3 is 2.11 bits per heavy atom. The van der Waals surface area contributed by atoms with Gasteiger partial charge in [0.1, 0.15) is 6.04 Å². The monoisotopic (exact) mass is 535 g/mol. The smallest absolute Gasteiger partial charge is 0.243 e. The summed E-state index contributed by atoms with van der Waals surface area (Å²) in [6, 6.07) is 13.8. The van der Waals surface area contributed by atoms with E-state index in [9.17, 15) is 18.0 Å². The van der Waals surface area contributed by atoms with Gasteiger partial charge < -0.3 is 10.2 Å². The number of carbonyl (C=O) groups excluding carboxylic acids is 2. The number of nitrogens with one attached hydrogen (secondary N) is 1. The van der Waals surface area contributed by atoms with Crippen molar-refractivity contribution in [3.63, 3.8) is 0 Å². The van der Waals surface area contributed by atoms with Crippen molar-refractivity contribution in [3.8, 4) is 0 Å². The van der Waals surface area contributed by atoms with Crippen molar-refractivity contribution in [1.29, 1.82) is 0 Å². The highest BCUT2D eigenvalue weighted by atomic mass is 35.5. The zero-order valence-corrected chi connectivity index (χ0v) is 23.6. The van der Waals surface area contributed by atoms with E-state index in [2.05, 4.69) is 5.32 Å². The summed E-state index contributed by atoms with van der Waals surface area (Å²) >= 11 is 5.94. The topological polar surface area (TPSA) is 86.8 Å². The molecule has 0 saturated carbocycles. The molecule has 0 aliphatic rings. The van der Waals surface area contributed by atoms with E-state index in [1.54, 1.807) is 29.2 Å². The van der Waals surface area contributed by atoms with E-state index in [1.807, 2.05) is 58.9 Å². The van der Waals surface area contributed by atoms with E-state index in [0.717, 1.165) is 17.4 Å². The van der Waals surface area contributed by atoms with Crippen LogP contribution in [0.1, 0.15) is 58.1 Å². The summed E-state index contributed by atoms with van der Waals surface area (Å²) in [7, 11) is -3.56. The summed E-state index contributed by atoms with van der Waals surface area (Å²) < 4.78 is 26.1. The number of nitrogens with zero attached hydrogens (tertiary/aromatic N) is 2. The number of halogens is 1. The van der Waals surface area contributed by atoms with Crippen LogP contribution < -0.4 is 9.62 Å². The van der Waals surface area contributed by atoms with Gasteiger partial charge in [-0.15, -0.1) is 0 Å². The van der Waals surface area contributed by atoms with Gasteiger partial charge in [-0.3, -0.25) is 13.9 Å². The lowest BCUT2D eigenvalue weighted by Crippen LogP contribution is -2.53. The normalized spacial score (nSPS) is 12.6. The minimum absolute atomic E-state index is 0.102. The van der Waals surface area contributed by atoms with E-state index in [0.29, 0.717) is 30.1 Å². The van der Waals surface area contributed by atoms with Gasteiger partial charge in [-0.25, -0.2) is 8.42 Å². The van der Waals surface area contributed by atoms with E-state index < -0.39 is 21.6 Å². The van der Waals surface area contributed by atoms with Crippen molar-refractivity contribution in [1.82, 2.24) is 10.2 Å². The van der Waals surface area contributed by atoms with E-state index in [4.69, 9.17) is 11.6 Å². The molecule has 0 aliphatic carbocycles. The molecule has 0 fully saturated rings. The first-order valence-electron chi connectivity index (χ1n) is 12.1. The fourth-order valence-corrected chi connectivity index (χ4v) is 4.97. The van der Waals surface area contributed by atoms with Gasteiger partial charge in [0.2, 0.25) is 21.8 Å². The molecule has 7 nitrogen and oxygen atoms in total. The Balaban J connectivity index is 2.22. The predicted octanol–water partition coefficient (Wildman–Crippen LogP) is 4.92. The van der Waals surface area contributed by atoms with Gasteiger partial charge in [-0.05, 0) is 70.4 Å². The first-order chi connectivity index (χ1) is 16.7. The molecule has 36 heavy (non-hydrogen) atoms. The van der Waals surface area contributed by atoms with Gasteiger partial charge in [0.25, 0.3) is 0 Å². The first kappa shape index (κ1) is 29.6. The number of rotatable bonds is 11. The first-order valence-corrected chi connectivity index (χ1v) is 14.3. The Labute approximate surface area is 220 Å². The number of sulfonamides is 1. The molecule has 2 amide bonds. The third-order valence-corrected chi connectivity index (χ3v) is 7.07. The van der Waals surface area contributed by atoms with E-state index in [-0.39, 0.29) is 24.8 Å². The lowest BCUT2D eigenvalue weighted by Gasteiger charge is -2.33. The molecule has 0 aromatic heterocycles. The molecular weight excluding hydrogens is 498 g/mol. The molecule has 0 bridgehead atoms. The molecular formula is C27H38ClN3O4S. The molecule has 1 N–H and O–H groups in total. The molecule has 9 heteroatoms. The van der Waals surface area contributed by atoms with Crippen molar-refractivity contribution in [2.45, 2.75) is 72.0 Å². The third kappa shape index (κ3) is 9.13. The number of hydrogen-bond acceptors (Lipinski definition) is 4. The summed E-state index contributed by atoms with van der Waals surface area (Å²) in [6.07, 6.45) is 2.00. The molecule has 198 valence electrons. The van der Waals surface area contributed by atoms with Crippen LogP contribution in [0.15, 0.2) is 48.5 Å². The summed E-state index contributed by atoms with van der Waals surface area (Å²) in [5, 5.41) is 3.50. The van der Waals surface area contributed by atoms with Crippen molar-refractivity contribution >= 4 is 39.1 Å². The predicted molar refractivity (Wildman–Crippen MR) is 147 cm³/mol. The number of anilines is 1. The summed E-state index contributed by atoms with van der Waals surface area (Å²) in [4.78, 5) is 28.2. The number of benzene rings is 2. The van der Waals surface area contributed by atoms with E-state index in [1.165, 1.54) is 4.31 Å². The molecule has 0 aliphatic heterocycles. The molecule has 0 radical (unpaired) electrons. The second-order valence-electron chi connectivity index (χ2n) is 10.1. The minimum Gasteiger partial charge on any atom is -0.350 e. The van der Waals surface area contributed by atoms with Gasteiger partial charge in [-0.1, -0.05) is 48.4 Å². The average molecular weight is 536 g/mol. The second kappa shape index (κ2) is 12.6. The Morgan fingerprint density at radius 2 is 1.61 bits per heavy atom. The van der Waals surface area contributed by atoms with Crippen LogP contribution in [0.2, 0.25) is 5.02 Å². The second-order valence-corrected chi connectivity index (χ2v) is 12.4. The van der Waals surface area contributed by atoms with Crippen LogP contribution in [0.25, 0.3) is 0 Å². The summed E-state index contributed by atoms with van der Waals surface area (Å²) in [6.45, 7) is 10.0. The Kier molecular flexibility index (Phi) is 10.4. The lowest BCUT2D eigenvalue weighted by atomic mass is 10.0. The molecule has 2 aromatic rings. The standard InChI is InChI=1S/C27H38ClN3O4S/c1-7-24(26(33)29-27(3,4)5)30(19-21-12-10-20(2)11-13-21)25(32)9-8-18-31(36(6,34)35)23-16-14-22(28)15-17-23/h10-17,24H,7-9,18-19H2,1-6H3,(H,29,33). The maximum Gasteiger partial charge on any atom is 0.243 e. The van der Waals surface area contributed by atoms with Crippen LogP contribution in [-0.4, -0.2) is 49.5 Å². The summed E-state index contributed by atoms with van der Waals surface area (Å²) in [5.41, 5.74) is 2.09. The van der Waals surface area contributed by atoms with Crippen LogP contribution in [0, 0.1) is 6.92 Å². The SMILES string of the molecule is CCC(C(=O)NC(C)(C)C)N(Cc1ccc(C)cc1)C(=O)CCCN(c1ccc(Cl)cc1)S(C)(=O)=O. The highest BCUT2D eigenvalue weighted by Crippen LogP contribution is 2.22. The van der Waals surface area contributed by atoms with Crippen LogP contribution in [0.3, 0.4) is 0 Å². The largest absolute Gasteiger partial charge is 0.350 e. The maximum atomic E-state index is 13.5. The number of hydrogen-bond donors (Lipinski definition) is 1. The average Bonchev–Trinajstić information content (AvgIpc) is 2.76. The zero-order valence-electron chi connectivity index (χ0n) is 22.0. The van der Waals surface area contributed by atoms with Gasteiger partial charge in [0, 0.05) is 30.1 Å². The lowest BCUT2D eigenvalue weighted by molar-refractivity contribution is -0.142. The number of carbonyl (C=O) groups is 2.